The van der Waals surface area contributed by atoms with Gasteiger partial charge in [0.2, 0.25) is 0 Å². The van der Waals surface area contributed by atoms with Gasteiger partial charge < -0.3 is 9.84 Å². The average molecular weight is 308 g/mol. The van der Waals surface area contributed by atoms with Crippen LogP contribution in [0.3, 0.4) is 0 Å². The molecule has 1 fully saturated rings. The van der Waals surface area contributed by atoms with Gasteiger partial charge in [-0.3, -0.25) is 15.0 Å². The topological polar surface area (TPSA) is 75.8 Å². The molecular formula is C16H24N2O4. The van der Waals surface area contributed by atoms with Gasteiger partial charge in [-0.05, 0) is 38.8 Å². The van der Waals surface area contributed by atoms with Crippen molar-refractivity contribution in [1.29, 1.82) is 0 Å². The molecule has 0 amide bonds. The van der Waals surface area contributed by atoms with Crippen LogP contribution in [0.2, 0.25) is 0 Å². The third kappa shape index (κ3) is 4.68. The van der Waals surface area contributed by atoms with Crippen molar-refractivity contribution in [2.75, 3.05) is 19.7 Å². The van der Waals surface area contributed by atoms with E-state index in [1.54, 1.807) is 18.2 Å². The monoisotopic (exact) mass is 308 g/mol. The number of hydrogen-bond donors (Lipinski definition) is 1. The summed E-state index contributed by atoms with van der Waals surface area (Å²) < 4.78 is 5.61. The van der Waals surface area contributed by atoms with Crippen LogP contribution in [0.15, 0.2) is 24.3 Å². The number of nitro groups is 1. The van der Waals surface area contributed by atoms with E-state index in [4.69, 9.17) is 4.74 Å². The first-order valence-corrected chi connectivity index (χ1v) is 7.86. The highest BCUT2D eigenvalue weighted by Gasteiger charge is 2.23. The number of nitro benzene ring substituents is 1. The molecule has 0 saturated carbocycles. The van der Waals surface area contributed by atoms with E-state index in [1.807, 2.05) is 6.92 Å². The molecule has 6 nitrogen and oxygen atoms in total. The van der Waals surface area contributed by atoms with Gasteiger partial charge in [0.15, 0.2) is 5.75 Å². The highest BCUT2D eigenvalue weighted by molar-refractivity contribution is 5.45. The van der Waals surface area contributed by atoms with Gasteiger partial charge >= 0.3 is 5.69 Å². The van der Waals surface area contributed by atoms with Gasteiger partial charge in [0.1, 0.15) is 6.61 Å². The van der Waals surface area contributed by atoms with E-state index in [1.165, 1.54) is 12.5 Å². The van der Waals surface area contributed by atoms with Gasteiger partial charge in [-0.2, -0.15) is 0 Å². The van der Waals surface area contributed by atoms with Gasteiger partial charge in [0.05, 0.1) is 11.0 Å². The SMILES string of the molecule is CC(O)CC1CCCCN1CCOc1ccccc1[N+](=O)[O-]. The standard InChI is InChI=1S/C16H24N2O4/c1-13(19)12-14-6-4-5-9-17(14)10-11-22-16-8-3-2-7-15(16)18(20)21/h2-3,7-8,13-14,19H,4-6,9-12H2,1H3. The van der Waals surface area contributed by atoms with E-state index in [2.05, 4.69) is 4.90 Å². The number of piperidine rings is 1. The van der Waals surface area contributed by atoms with Gasteiger partial charge in [0.25, 0.3) is 0 Å². The molecule has 0 spiro atoms. The van der Waals surface area contributed by atoms with Crippen LogP contribution in [-0.4, -0.2) is 46.8 Å². The Kier molecular flexibility index (Phi) is 6.15. The summed E-state index contributed by atoms with van der Waals surface area (Å²) in [6.45, 7) is 3.96. The molecule has 1 aromatic carbocycles. The fraction of sp³-hybridized carbons (Fsp3) is 0.625. The number of hydrogen-bond acceptors (Lipinski definition) is 5. The summed E-state index contributed by atoms with van der Waals surface area (Å²) in [5, 5.41) is 20.5. The second kappa shape index (κ2) is 8.10. The first-order chi connectivity index (χ1) is 10.6. The van der Waals surface area contributed by atoms with Crippen molar-refractivity contribution in [3.05, 3.63) is 34.4 Å². The zero-order valence-corrected chi connectivity index (χ0v) is 13.0. The zero-order chi connectivity index (χ0) is 15.9. The predicted octanol–water partition coefficient (Wildman–Crippen LogP) is 2.60. The first kappa shape index (κ1) is 16.7. The summed E-state index contributed by atoms with van der Waals surface area (Å²) in [6, 6.07) is 6.82. The number of ether oxygens (including phenoxy) is 1. The van der Waals surface area contributed by atoms with Gasteiger partial charge in [-0.15, -0.1) is 0 Å². The number of aliphatic hydroxyl groups excluding tert-OH is 1. The molecule has 0 aliphatic carbocycles. The van der Waals surface area contributed by atoms with Gasteiger partial charge in [-0.25, -0.2) is 0 Å². The number of rotatable bonds is 7. The molecule has 6 heteroatoms. The van der Waals surface area contributed by atoms with E-state index >= 15 is 0 Å². The number of para-hydroxylation sites is 2. The number of nitrogens with zero attached hydrogens (tertiary/aromatic N) is 2. The van der Waals surface area contributed by atoms with Gasteiger partial charge in [0, 0.05) is 18.7 Å². The zero-order valence-electron chi connectivity index (χ0n) is 13.0. The molecular weight excluding hydrogens is 284 g/mol. The van der Waals surface area contributed by atoms with Crippen molar-refractivity contribution < 1.29 is 14.8 Å². The minimum Gasteiger partial charge on any atom is -0.485 e. The maximum atomic E-state index is 10.9. The predicted molar refractivity (Wildman–Crippen MR) is 84.1 cm³/mol. The largest absolute Gasteiger partial charge is 0.485 e. The highest BCUT2D eigenvalue weighted by atomic mass is 16.6. The molecule has 1 heterocycles. The molecule has 22 heavy (non-hydrogen) atoms. The maximum Gasteiger partial charge on any atom is 0.310 e. The number of aliphatic hydroxyl groups is 1. The van der Waals surface area contributed by atoms with Crippen molar-refractivity contribution in [2.45, 2.75) is 44.8 Å². The summed E-state index contributed by atoms with van der Waals surface area (Å²) in [5.74, 6) is 0.316. The Labute approximate surface area is 130 Å². The molecule has 1 aliphatic rings. The minimum absolute atomic E-state index is 0.00155. The summed E-state index contributed by atoms with van der Waals surface area (Å²) in [6.07, 6.45) is 3.91. The van der Waals surface area contributed by atoms with Crippen LogP contribution in [0.1, 0.15) is 32.6 Å². The molecule has 1 N–H and O–H groups in total. The Hall–Kier alpha value is -1.66. The molecule has 0 aromatic heterocycles. The molecule has 1 aliphatic heterocycles. The van der Waals surface area contributed by atoms with E-state index in [-0.39, 0.29) is 11.8 Å². The molecule has 122 valence electrons. The smallest absolute Gasteiger partial charge is 0.310 e. The van der Waals surface area contributed by atoms with Crippen molar-refractivity contribution in [2.24, 2.45) is 0 Å². The van der Waals surface area contributed by atoms with E-state index in [0.29, 0.717) is 18.4 Å². The lowest BCUT2D eigenvalue weighted by Gasteiger charge is -2.36. The molecule has 1 saturated heterocycles. The van der Waals surface area contributed by atoms with Crippen LogP contribution < -0.4 is 4.74 Å². The van der Waals surface area contributed by atoms with Crippen LogP contribution in [0.5, 0.6) is 5.75 Å². The highest BCUT2D eigenvalue weighted by Crippen LogP contribution is 2.26. The van der Waals surface area contributed by atoms with Crippen LogP contribution in [0.4, 0.5) is 5.69 Å². The summed E-state index contributed by atoms with van der Waals surface area (Å²) >= 11 is 0. The fourth-order valence-electron chi connectivity index (χ4n) is 3.02. The summed E-state index contributed by atoms with van der Waals surface area (Å²) in [7, 11) is 0. The Morgan fingerprint density at radius 3 is 2.95 bits per heavy atom. The molecule has 0 bridgehead atoms. The van der Waals surface area contributed by atoms with Crippen LogP contribution in [-0.2, 0) is 0 Å². The van der Waals surface area contributed by atoms with E-state index in [9.17, 15) is 15.2 Å². The van der Waals surface area contributed by atoms with Crippen molar-refractivity contribution in [1.82, 2.24) is 4.90 Å². The van der Waals surface area contributed by atoms with Crippen LogP contribution in [0, 0.1) is 10.1 Å². The van der Waals surface area contributed by atoms with Crippen molar-refractivity contribution >= 4 is 5.69 Å². The van der Waals surface area contributed by atoms with E-state index < -0.39 is 4.92 Å². The summed E-state index contributed by atoms with van der Waals surface area (Å²) in [4.78, 5) is 12.8. The number of likely N-dealkylation sites (tertiary alicyclic amines) is 1. The Morgan fingerprint density at radius 1 is 1.45 bits per heavy atom. The fourth-order valence-corrected chi connectivity index (χ4v) is 3.02. The Balaban J connectivity index is 1.88. The quantitative estimate of drug-likeness (QED) is 0.619. The molecule has 2 atom stereocenters. The summed E-state index contributed by atoms with van der Waals surface area (Å²) in [5.41, 5.74) is 0.00155. The third-order valence-corrected chi connectivity index (χ3v) is 4.06. The average Bonchev–Trinajstić information content (AvgIpc) is 2.49. The Morgan fingerprint density at radius 2 is 2.23 bits per heavy atom. The normalized spacial score (nSPS) is 20.5. The second-order valence-corrected chi connectivity index (χ2v) is 5.84. The Bertz CT molecular complexity index is 493. The second-order valence-electron chi connectivity index (χ2n) is 5.84. The van der Waals surface area contributed by atoms with Crippen molar-refractivity contribution in [3.63, 3.8) is 0 Å². The lowest BCUT2D eigenvalue weighted by molar-refractivity contribution is -0.385. The first-order valence-electron chi connectivity index (χ1n) is 7.86. The van der Waals surface area contributed by atoms with E-state index in [0.717, 1.165) is 32.4 Å². The minimum atomic E-state index is -0.424. The molecule has 0 radical (unpaired) electrons. The van der Waals surface area contributed by atoms with Crippen LogP contribution >= 0.6 is 0 Å². The molecule has 1 aromatic rings. The lowest BCUT2D eigenvalue weighted by Crippen LogP contribution is -2.43. The number of benzene rings is 1. The van der Waals surface area contributed by atoms with Crippen LogP contribution in [0.25, 0.3) is 0 Å². The third-order valence-electron chi connectivity index (χ3n) is 4.06. The van der Waals surface area contributed by atoms with Gasteiger partial charge in [-0.1, -0.05) is 18.6 Å². The lowest BCUT2D eigenvalue weighted by atomic mass is 9.97. The molecule has 2 rings (SSSR count). The molecule has 2 unspecified atom stereocenters. The van der Waals surface area contributed by atoms with Crippen molar-refractivity contribution in [3.8, 4) is 5.75 Å². The maximum absolute atomic E-state index is 10.9.